The SMILES string of the molecule is CCC(CC)C(NC(=O)Cn1nnc2ccccc21)c1ccccc1. The van der Waals surface area contributed by atoms with Crippen LogP contribution in [0.25, 0.3) is 11.0 Å². The Morgan fingerprint density at radius 1 is 1.04 bits per heavy atom. The minimum Gasteiger partial charge on any atom is -0.347 e. The van der Waals surface area contributed by atoms with Gasteiger partial charge in [-0.3, -0.25) is 4.79 Å². The van der Waals surface area contributed by atoms with Gasteiger partial charge in [-0.1, -0.05) is 74.4 Å². The summed E-state index contributed by atoms with van der Waals surface area (Å²) in [7, 11) is 0. The largest absolute Gasteiger partial charge is 0.347 e. The van der Waals surface area contributed by atoms with Crippen molar-refractivity contribution in [1.29, 1.82) is 0 Å². The van der Waals surface area contributed by atoms with E-state index in [1.165, 1.54) is 0 Å². The predicted molar refractivity (Wildman–Crippen MR) is 98.9 cm³/mol. The Balaban J connectivity index is 1.78. The lowest BCUT2D eigenvalue weighted by atomic mass is 9.89. The molecule has 0 radical (unpaired) electrons. The Hall–Kier alpha value is -2.69. The van der Waals surface area contributed by atoms with Gasteiger partial charge in [-0.2, -0.15) is 0 Å². The molecule has 1 aromatic heterocycles. The van der Waals surface area contributed by atoms with Crippen molar-refractivity contribution >= 4 is 16.9 Å². The van der Waals surface area contributed by atoms with E-state index < -0.39 is 0 Å². The number of carbonyl (C=O) groups is 1. The van der Waals surface area contributed by atoms with Gasteiger partial charge in [0.25, 0.3) is 0 Å². The van der Waals surface area contributed by atoms with Gasteiger partial charge in [0.1, 0.15) is 12.1 Å². The topological polar surface area (TPSA) is 59.8 Å². The molecule has 1 atom stereocenters. The number of nitrogens with zero attached hydrogens (tertiary/aromatic N) is 3. The molecule has 0 saturated heterocycles. The van der Waals surface area contributed by atoms with Crippen LogP contribution in [0.5, 0.6) is 0 Å². The molecule has 0 aliphatic heterocycles. The summed E-state index contributed by atoms with van der Waals surface area (Å²) in [5.74, 6) is 0.357. The molecular weight excluding hydrogens is 312 g/mol. The Bertz CT molecular complexity index is 824. The lowest BCUT2D eigenvalue weighted by Crippen LogP contribution is -2.35. The van der Waals surface area contributed by atoms with E-state index >= 15 is 0 Å². The third kappa shape index (κ3) is 3.87. The molecule has 2 aromatic carbocycles. The van der Waals surface area contributed by atoms with Gasteiger partial charge in [0.15, 0.2) is 0 Å². The number of fused-ring (bicyclic) bond motifs is 1. The molecule has 1 heterocycles. The van der Waals surface area contributed by atoms with Crippen molar-refractivity contribution in [3.8, 4) is 0 Å². The number of aromatic nitrogens is 3. The molecule has 5 nitrogen and oxygen atoms in total. The van der Waals surface area contributed by atoms with E-state index in [0.29, 0.717) is 5.92 Å². The molecule has 1 amide bonds. The van der Waals surface area contributed by atoms with E-state index in [-0.39, 0.29) is 18.5 Å². The number of hydrogen-bond acceptors (Lipinski definition) is 3. The number of carbonyl (C=O) groups excluding carboxylic acids is 1. The highest BCUT2D eigenvalue weighted by Crippen LogP contribution is 2.27. The van der Waals surface area contributed by atoms with Crippen molar-refractivity contribution in [3.63, 3.8) is 0 Å². The number of hydrogen-bond donors (Lipinski definition) is 1. The van der Waals surface area contributed by atoms with Crippen LogP contribution in [-0.2, 0) is 11.3 Å². The van der Waals surface area contributed by atoms with Crippen LogP contribution >= 0.6 is 0 Å². The molecule has 3 rings (SSSR count). The number of para-hydroxylation sites is 1. The fraction of sp³-hybridized carbons (Fsp3) is 0.350. The van der Waals surface area contributed by atoms with E-state index in [2.05, 4.69) is 41.6 Å². The zero-order chi connectivity index (χ0) is 17.6. The third-order valence-corrected chi connectivity index (χ3v) is 4.71. The van der Waals surface area contributed by atoms with Crippen molar-refractivity contribution < 1.29 is 4.79 Å². The van der Waals surface area contributed by atoms with Gasteiger partial charge in [0.2, 0.25) is 5.91 Å². The standard InChI is InChI=1S/C20H24N4O/c1-3-15(4-2)20(16-10-6-5-7-11-16)21-19(25)14-24-18-13-9-8-12-17(18)22-23-24/h5-13,15,20H,3-4,14H2,1-2H3,(H,21,25). The van der Waals surface area contributed by atoms with Crippen molar-refractivity contribution in [1.82, 2.24) is 20.3 Å². The van der Waals surface area contributed by atoms with E-state index in [1.807, 2.05) is 42.5 Å². The lowest BCUT2D eigenvalue weighted by molar-refractivity contribution is -0.123. The summed E-state index contributed by atoms with van der Waals surface area (Å²) in [5, 5.41) is 11.4. The molecule has 5 heteroatoms. The summed E-state index contributed by atoms with van der Waals surface area (Å²) < 4.78 is 1.65. The molecule has 130 valence electrons. The van der Waals surface area contributed by atoms with E-state index in [1.54, 1.807) is 4.68 Å². The van der Waals surface area contributed by atoms with E-state index in [0.717, 1.165) is 29.4 Å². The lowest BCUT2D eigenvalue weighted by Gasteiger charge is -2.27. The van der Waals surface area contributed by atoms with Crippen LogP contribution in [0.1, 0.15) is 38.3 Å². The highest BCUT2D eigenvalue weighted by molar-refractivity contribution is 5.80. The number of nitrogens with one attached hydrogen (secondary N) is 1. The highest BCUT2D eigenvalue weighted by Gasteiger charge is 2.22. The molecule has 0 aliphatic rings. The third-order valence-electron chi connectivity index (χ3n) is 4.71. The number of rotatable bonds is 7. The summed E-state index contributed by atoms with van der Waals surface area (Å²) in [6.07, 6.45) is 2.03. The number of benzene rings is 2. The first-order chi connectivity index (χ1) is 12.2. The quantitative estimate of drug-likeness (QED) is 0.715. The summed E-state index contributed by atoms with van der Waals surface area (Å²) in [4.78, 5) is 12.7. The molecule has 25 heavy (non-hydrogen) atoms. The van der Waals surface area contributed by atoms with Gasteiger partial charge >= 0.3 is 0 Å². The Morgan fingerprint density at radius 2 is 1.72 bits per heavy atom. The average molecular weight is 336 g/mol. The zero-order valence-corrected chi connectivity index (χ0v) is 14.7. The van der Waals surface area contributed by atoms with Crippen molar-refractivity contribution in [2.45, 2.75) is 39.3 Å². The zero-order valence-electron chi connectivity index (χ0n) is 14.7. The van der Waals surface area contributed by atoms with Gasteiger partial charge in [0, 0.05) is 0 Å². The molecule has 0 aliphatic carbocycles. The van der Waals surface area contributed by atoms with Crippen molar-refractivity contribution in [2.75, 3.05) is 0 Å². The summed E-state index contributed by atoms with van der Waals surface area (Å²) in [6.45, 7) is 4.51. The Morgan fingerprint density at radius 3 is 2.44 bits per heavy atom. The molecule has 0 bridgehead atoms. The molecule has 0 saturated carbocycles. The van der Waals surface area contributed by atoms with Crippen molar-refractivity contribution in [2.24, 2.45) is 5.92 Å². The van der Waals surface area contributed by atoms with Crippen LogP contribution in [0.15, 0.2) is 54.6 Å². The van der Waals surface area contributed by atoms with Gasteiger partial charge in [-0.25, -0.2) is 4.68 Å². The second-order valence-corrected chi connectivity index (χ2v) is 6.27. The first kappa shape index (κ1) is 17.1. The van der Waals surface area contributed by atoms with Crippen LogP contribution in [0, 0.1) is 5.92 Å². The normalized spacial score (nSPS) is 12.4. The predicted octanol–water partition coefficient (Wildman–Crippen LogP) is 3.73. The molecular formula is C20H24N4O. The minimum atomic E-state index is -0.0450. The molecule has 0 fully saturated rings. The maximum atomic E-state index is 12.7. The van der Waals surface area contributed by atoms with E-state index in [4.69, 9.17) is 0 Å². The molecule has 0 spiro atoms. The van der Waals surface area contributed by atoms with Gasteiger partial charge in [-0.05, 0) is 23.6 Å². The first-order valence-electron chi connectivity index (χ1n) is 8.85. The van der Waals surface area contributed by atoms with Crippen LogP contribution < -0.4 is 5.32 Å². The van der Waals surface area contributed by atoms with Crippen LogP contribution in [0.2, 0.25) is 0 Å². The maximum absolute atomic E-state index is 12.7. The van der Waals surface area contributed by atoms with Crippen LogP contribution in [0.4, 0.5) is 0 Å². The smallest absolute Gasteiger partial charge is 0.242 e. The fourth-order valence-corrected chi connectivity index (χ4v) is 3.28. The van der Waals surface area contributed by atoms with Crippen LogP contribution in [0.3, 0.4) is 0 Å². The van der Waals surface area contributed by atoms with Crippen molar-refractivity contribution in [3.05, 3.63) is 60.2 Å². The first-order valence-corrected chi connectivity index (χ1v) is 8.85. The molecule has 1 N–H and O–H groups in total. The summed E-state index contributed by atoms with van der Waals surface area (Å²) in [5.41, 5.74) is 2.82. The van der Waals surface area contributed by atoms with Gasteiger partial charge in [-0.15, -0.1) is 5.10 Å². The summed E-state index contributed by atoms with van der Waals surface area (Å²) >= 11 is 0. The van der Waals surface area contributed by atoms with E-state index in [9.17, 15) is 4.79 Å². The Labute approximate surface area is 148 Å². The van der Waals surface area contributed by atoms with Gasteiger partial charge in [0.05, 0.1) is 11.6 Å². The fourth-order valence-electron chi connectivity index (χ4n) is 3.28. The second-order valence-electron chi connectivity index (χ2n) is 6.27. The summed E-state index contributed by atoms with van der Waals surface area (Å²) in [6, 6.07) is 17.9. The minimum absolute atomic E-state index is 0.0125. The average Bonchev–Trinajstić information content (AvgIpc) is 3.05. The van der Waals surface area contributed by atoms with Crippen LogP contribution in [-0.4, -0.2) is 20.9 Å². The van der Waals surface area contributed by atoms with Gasteiger partial charge < -0.3 is 5.32 Å². The number of amides is 1. The second kappa shape index (κ2) is 7.92. The highest BCUT2D eigenvalue weighted by atomic mass is 16.2. The molecule has 3 aromatic rings. The molecule has 1 unspecified atom stereocenters. The Kier molecular flexibility index (Phi) is 5.43. The maximum Gasteiger partial charge on any atom is 0.242 e. The monoisotopic (exact) mass is 336 g/mol.